The average molecular weight is 514 g/mol. The molecule has 1 aromatic carbocycles. The number of nitrogens with one attached hydrogen (secondary N) is 2. The summed E-state index contributed by atoms with van der Waals surface area (Å²) in [4.78, 5) is 39.7. The third-order valence-electron chi connectivity index (χ3n) is 5.59. The molecule has 2 aromatic rings. The first-order valence-corrected chi connectivity index (χ1v) is 12.8. The van der Waals surface area contributed by atoms with E-state index in [0.717, 1.165) is 50.6 Å². The number of thiazole rings is 1. The van der Waals surface area contributed by atoms with E-state index < -0.39 is 5.97 Å². The maximum atomic E-state index is 12.8. The fourth-order valence-electron chi connectivity index (χ4n) is 3.67. The molecule has 0 saturated carbocycles. The van der Waals surface area contributed by atoms with Crippen LogP contribution in [0, 0.1) is 11.3 Å². The molecule has 0 bridgehead atoms. The van der Waals surface area contributed by atoms with Crippen LogP contribution in [0.2, 0.25) is 0 Å². The molecule has 1 aliphatic heterocycles. The lowest BCUT2D eigenvalue weighted by Gasteiger charge is -2.26. The van der Waals surface area contributed by atoms with Crippen LogP contribution in [0.15, 0.2) is 29.1 Å². The number of benzene rings is 1. The van der Waals surface area contributed by atoms with Crippen LogP contribution in [0.3, 0.4) is 0 Å². The van der Waals surface area contributed by atoms with Crippen LogP contribution >= 0.6 is 11.3 Å². The van der Waals surface area contributed by atoms with Crippen LogP contribution in [0.1, 0.15) is 30.6 Å². The Morgan fingerprint density at radius 1 is 1.22 bits per heavy atom. The smallest absolute Gasteiger partial charge is 0.351 e. The Kier molecular flexibility index (Phi) is 10.2. The van der Waals surface area contributed by atoms with Gasteiger partial charge in [-0.25, -0.2) is 4.79 Å². The normalized spacial score (nSPS) is 15.2. The molecule has 3 rings (SSSR count). The minimum absolute atomic E-state index is 0.134. The molecule has 0 aliphatic carbocycles. The standard InChI is InChI=1S/C25H31N5O5S/c1-3-30-23(32)21(36-24(30)20(16-26)25(33)35-4-2)17-28-19-8-6-18(7-9-19)22(31)27-10-5-11-29-12-14-34-15-13-29/h6-9,17,28H,3-5,10-15H2,1-2H3,(H,27,31). The molecule has 1 fully saturated rings. The summed E-state index contributed by atoms with van der Waals surface area (Å²) >= 11 is 1.04. The van der Waals surface area contributed by atoms with Crippen molar-refractivity contribution in [3.63, 3.8) is 0 Å². The van der Waals surface area contributed by atoms with Crippen molar-refractivity contribution in [2.24, 2.45) is 0 Å². The average Bonchev–Trinajstić information content (AvgIpc) is 3.21. The van der Waals surface area contributed by atoms with Gasteiger partial charge in [-0.1, -0.05) is 0 Å². The lowest BCUT2D eigenvalue weighted by Crippen LogP contribution is -2.38. The molecule has 1 aromatic heterocycles. The van der Waals surface area contributed by atoms with Crippen molar-refractivity contribution in [2.45, 2.75) is 26.8 Å². The molecular weight excluding hydrogens is 482 g/mol. The van der Waals surface area contributed by atoms with Crippen molar-refractivity contribution < 1.29 is 19.1 Å². The van der Waals surface area contributed by atoms with E-state index >= 15 is 0 Å². The zero-order valence-corrected chi connectivity index (χ0v) is 21.4. The summed E-state index contributed by atoms with van der Waals surface area (Å²) in [5, 5.41) is 15.4. The van der Waals surface area contributed by atoms with Gasteiger partial charge in [-0.05, 0) is 51.1 Å². The van der Waals surface area contributed by atoms with E-state index in [1.165, 1.54) is 10.8 Å². The predicted molar refractivity (Wildman–Crippen MR) is 138 cm³/mol. The van der Waals surface area contributed by atoms with Gasteiger partial charge in [0.05, 0.1) is 19.8 Å². The van der Waals surface area contributed by atoms with Crippen LogP contribution in [-0.2, 0) is 20.8 Å². The number of esters is 1. The number of amides is 1. The molecule has 1 saturated heterocycles. The maximum absolute atomic E-state index is 12.8. The second kappa shape index (κ2) is 13.6. The topological polar surface area (TPSA) is 126 Å². The number of rotatable bonds is 10. The van der Waals surface area contributed by atoms with Crippen LogP contribution in [0.25, 0.3) is 11.8 Å². The third-order valence-corrected chi connectivity index (χ3v) is 6.72. The molecule has 0 radical (unpaired) electrons. The van der Waals surface area contributed by atoms with Gasteiger partial charge < -0.3 is 20.1 Å². The Morgan fingerprint density at radius 3 is 2.58 bits per heavy atom. The van der Waals surface area contributed by atoms with Crippen molar-refractivity contribution in [2.75, 3.05) is 51.3 Å². The largest absolute Gasteiger partial charge is 0.462 e. The second-order valence-corrected chi connectivity index (χ2v) is 8.99. The van der Waals surface area contributed by atoms with Crippen molar-refractivity contribution in [3.05, 3.63) is 49.4 Å². The SMILES string of the molecule is CCOC(=O)C(C#N)=c1sc(=CNc2ccc(C(=O)NCCCN3CCOCC3)cc2)c(=O)n1CC. The molecule has 10 nitrogen and oxygen atoms in total. The van der Waals surface area contributed by atoms with E-state index in [1.807, 2.05) is 6.07 Å². The molecule has 0 spiro atoms. The molecule has 192 valence electrons. The first-order chi connectivity index (χ1) is 17.5. The number of nitriles is 1. The molecule has 0 unspecified atom stereocenters. The van der Waals surface area contributed by atoms with Crippen molar-refractivity contribution >= 4 is 40.7 Å². The van der Waals surface area contributed by atoms with Crippen LogP contribution in [0.4, 0.5) is 5.69 Å². The summed E-state index contributed by atoms with van der Waals surface area (Å²) < 4.78 is 12.3. The van der Waals surface area contributed by atoms with E-state index in [4.69, 9.17) is 9.47 Å². The number of hydrogen-bond acceptors (Lipinski definition) is 9. The summed E-state index contributed by atoms with van der Waals surface area (Å²) in [6, 6.07) is 8.77. The molecule has 36 heavy (non-hydrogen) atoms. The zero-order valence-electron chi connectivity index (χ0n) is 20.5. The Bertz CT molecular complexity index is 1270. The summed E-state index contributed by atoms with van der Waals surface area (Å²) in [6.07, 6.45) is 2.41. The number of hydrogen-bond donors (Lipinski definition) is 2. The summed E-state index contributed by atoms with van der Waals surface area (Å²) in [5.41, 5.74) is 0.725. The number of nitrogens with zero attached hydrogens (tertiary/aromatic N) is 3. The predicted octanol–water partition coefficient (Wildman–Crippen LogP) is 0.469. The fraction of sp³-hybridized carbons (Fsp3) is 0.440. The van der Waals surface area contributed by atoms with E-state index in [2.05, 4.69) is 15.5 Å². The first kappa shape index (κ1) is 27.1. The van der Waals surface area contributed by atoms with Crippen LogP contribution in [0.5, 0.6) is 0 Å². The van der Waals surface area contributed by atoms with Crippen LogP contribution < -0.4 is 25.4 Å². The summed E-state index contributed by atoms with van der Waals surface area (Å²) in [5.74, 6) is -0.891. The Morgan fingerprint density at radius 2 is 1.94 bits per heavy atom. The van der Waals surface area contributed by atoms with E-state index in [1.54, 1.807) is 38.1 Å². The molecule has 2 heterocycles. The highest BCUT2D eigenvalue weighted by Crippen LogP contribution is 2.09. The first-order valence-electron chi connectivity index (χ1n) is 11.9. The lowest BCUT2D eigenvalue weighted by molar-refractivity contribution is -0.136. The molecule has 1 amide bonds. The van der Waals surface area contributed by atoms with E-state index in [0.29, 0.717) is 28.9 Å². The van der Waals surface area contributed by atoms with Crippen molar-refractivity contribution in [3.8, 4) is 6.07 Å². The van der Waals surface area contributed by atoms with Gasteiger partial charge in [-0.2, -0.15) is 5.26 Å². The Labute approximate surface area is 213 Å². The van der Waals surface area contributed by atoms with Gasteiger partial charge in [0.15, 0.2) is 5.57 Å². The fourth-order valence-corrected chi connectivity index (χ4v) is 4.75. The van der Waals surface area contributed by atoms with Crippen LogP contribution in [-0.4, -0.2) is 67.3 Å². The van der Waals surface area contributed by atoms with Gasteiger partial charge in [-0.3, -0.25) is 19.1 Å². The van der Waals surface area contributed by atoms with E-state index in [-0.39, 0.29) is 28.3 Å². The summed E-state index contributed by atoms with van der Waals surface area (Å²) in [7, 11) is 0. The molecule has 11 heteroatoms. The highest BCUT2D eigenvalue weighted by atomic mass is 32.1. The van der Waals surface area contributed by atoms with Gasteiger partial charge in [-0.15, -0.1) is 11.3 Å². The number of carbonyl (C=O) groups is 2. The van der Waals surface area contributed by atoms with E-state index in [9.17, 15) is 19.6 Å². The quantitative estimate of drug-likeness (QED) is 0.347. The minimum Gasteiger partial charge on any atom is -0.462 e. The third kappa shape index (κ3) is 7.04. The Balaban J connectivity index is 1.64. The number of ether oxygens (including phenoxy) is 2. The van der Waals surface area contributed by atoms with Gasteiger partial charge in [0.2, 0.25) is 0 Å². The maximum Gasteiger partial charge on any atom is 0.351 e. The zero-order chi connectivity index (χ0) is 25.9. The second-order valence-electron chi connectivity index (χ2n) is 7.96. The summed E-state index contributed by atoms with van der Waals surface area (Å²) in [6.45, 7) is 8.78. The highest BCUT2D eigenvalue weighted by Gasteiger charge is 2.16. The number of morpholine rings is 1. The number of aromatic nitrogens is 1. The number of anilines is 1. The molecular formula is C25H31N5O5S. The molecule has 2 N–H and O–H groups in total. The molecule has 1 aliphatic rings. The van der Waals surface area contributed by atoms with Gasteiger partial charge in [0.1, 0.15) is 15.3 Å². The monoisotopic (exact) mass is 513 g/mol. The van der Waals surface area contributed by atoms with Crippen molar-refractivity contribution in [1.29, 1.82) is 5.26 Å². The Hall–Kier alpha value is -3.46. The minimum atomic E-state index is -0.752. The molecule has 0 atom stereocenters. The van der Waals surface area contributed by atoms with Gasteiger partial charge in [0, 0.05) is 43.6 Å². The highest BCUT2D eigenvalue weighted by molar-refractivity contribution is 7.07. The van der Waals surface area contributed by atoms with Crippen molar-refractivity contribution in [1.82, 2.24) is 14.8 Å². The van der Waals surface area contributed by atoms with Gasteiger partial charge >= 0.3 is 5.97 Å². The van der Waals surface area contributed by atoms with Gasteiger partial charge in [0.25, 0.3) is 11.5 Å². The number of carbonyl (C=O) groups excluding carboxylic acids is 2. The lowest BCUT2D eigenvalue weighted by atomic mass is 10.2.